The second-order valence-electron chi connectivity index (χ2n) is 6.83. The van der Waals surface area contributed by atoms with Crippen LogP contribution in [0.4, 0.5) is 5.82 Å². The number of benzene rings is 3. The highest BCUT2D eigenvalue weighted by Crippen LogP contribution is 2.24. The van der Waals surface area contributed by atoms with Crippen LogP contribution in [0.1, 0.15) is 21.5 Å². The molecule has 0 radical (unpaired) electrons. The highest BCUT2D eigenvalue weighted by Gasteiger charge is 2.14. The third-order valence-corrected chi connectivity index (χ3v) is 5.30. The van der Waals surface area contributed by atoms with Crippen LogP contribution in [0.3, 0.4) is 0 Å². The quantitative estimate of drug-likeness (QED) is 0.420. The summed E-state index contributed by atoms with van der Waals surface area (Å²) in [5, 5.41) is 12.2. The minimum Gasteiger partial charge on any atom is -0.363 e. The van der Waals surface area contributed by atoms with Gasteiger partial charge in [0.25, 0.3) is 0 Å². The van der Waals surface area contributed by atoms with E-state index in [0.717, 1.165) is 16.6 Å². The summed E-state index contributed by atoms with van der Waals surface area (Å²) in [5.41, 5.74) is 4.26. The Morgan fingerprint density at radius 3 is 2.60 bits per heavy atom. The van der Waals surface area contributed by atoms with Gasteiger partial charge in [0.05, 0.1) is 11.0 Å². The molecule has 2 heterocycles. The summed E-state index contributed by atoms with van der Waals surface area (Å²) in [6.07, 6.45) is 1.62. The number of carbonyl (C=O) groups excluding carboxylic acids is 1. The highest BCUT2D eigenvalue weighted by atomic mass is 35.5. The molecule has 6 nitrogen and oxygen atoms in total. The number of ketones is 1. The second-order valence-corrected chi connectivity index (χ2v) is 7.24. The molecule has 0 spiro atoms. The molecule has 0 saturated carbocycles. The first-order valence-electron chi connectivity index (χ1n) is 9.41. The van der Waals surface area contributed by atoms with E-state index in [1.165, 1.54) is 0 Å². The van der Waals surface area contributed by atoms with Gasteiger partial charge in [-0.3, -0.25) is 9.20 Å². The Morgan fingerprint density at radius 1 is 0.967 bits per heavy atom. The smallest absolute Gasteiger partial charge is 0.203 e. The molecule has 0 aliphatic carbocycles. The summed E-state index contributed by atoms with van der Waals surface area (Å²) in [6.45, 7) is 0.505. The summed E-state index contributed by atoms with van der Waals surface area (Å²) in [5.74, 6) is 0.557. The zero-order valence-corrected chi connectivity index (χ0v) is 16.5. The van der Waals surface area contributed by atoms with Crippen LogP contribution in [0.5, 0.6) is 0 Å². The number of carbonyl (C=O) groups is 1. The van der Waals surface area contributed by atoms with Crippen molar-refractivity contribution in [1.82, 2.24) is 19.6 Å². The molecule has 3 aromatic carbocycles. The number of nitrogens with one attached hydrogen (secondary N) is 1. The topological polar surface area (TPSA) is 72.2 Å². The van der Waals surface area contributed by atoms with Crippen LogP contribution in [-0.4, -0.2) is 25.4 Å². The van der Waals surface area contributed by atoms with E-state index in [0.29, 0.717) is 34.2 Å². The van der Waals surface area contributed by atoms with Gasteiger partial charge in [-0.25, -0.2) is 4.98 Å². The average Bonchev–Trinajstić information content (AvgIpc) is 3.29. The van der Waals surface area contributed by atoms with Gasteiger partial charge >= 0.3 is 0 Å². The normalized spacial score (nSPS) is 11.1. The maximum absolute atomic E-state index is 12.8. The van der Waals surface area contributed by atoms with Crippen LogP contribution in [0.25, 0.3) is 16.7 Å². The first kappa shape index (κ1) is 18.3. The molecule has 5 rings (SSSR count). The lowest BCUT2D eigenvalue weighted by Crippen LogP contribution is -2.06. The van der Waals surface area contributed by atoms with E-state index in [9.17, 15) is 4.79 Å². The second kappa shape index (κ2) is 7.57. The molecule has 0 bridgehead atoms. The predicted molar refractivity (Wildman–Crippen MR) is 117 cm³/mol. The van der Waals surface area contributed by atoms with Crippen molar-refractivity contribution in [3.05, 3.63) is 101 Å². The Kier molecular flexibility index (Phi) is 4.61. The standard InChI is InChI=1S/C23H16ClN5O/c24-18-9-5-4-8-17(18)13-25-22-23-28-26-14-29(23)20-12-16(10-11-19(20)27-22)21(30)15-6-2-1-3-7-15/h1-12,14H,13H2,(H,25,27). The summed E-state index contributed by atoms with van der Waals surface area (Å²) in [6, 6.07) is 22.3. The lowest BCUT2D eigenvalue weighted by Gasteiger charge is -2.11. The van der Waals surface area contributed by atoms with Crippen molar-refractivity contribution in [3.63, 3.8) is 0 Å². The number of hydrogen-bond donors (Lipinski definition) is 1. The van der Waals surface area contributed by atoms with Crippen molar-refractivity contribution < 1.29 is 4.79 Å². The molecule has 0 aliphatic rings. The van der Waals surface area contributed by atoms with Gasteiger partial charge in [-0.15, -0.1) is 10.2 Å². The molecule has 7 heteroatoms. The molecule has 0 unspecified atom stereocenters. The van der Waals surface area contributed by atoms with Crippen LogP contribution in [0.15, 0.2) is 79.1 Å². The van der Waals surface area contributed by atoms with E-state index in [4.69, 9.17) is 16.6 Å². The zero-order chi connectivity index (χ0) is 20.5. The van der Waals surface area contributed by atoms with Gasteiger partial charge in [-0.05, 0) is 29.8 Å². The lowest BCUT2D eigenvalue weighted by atomic mass is 10.0. The van der Waals surface area contributed by atoms with Crippen LogP contribution >= 0.6 is 11.6 Å². The number of halogens is 1. The van der Waals surface area contributed by atoms with Crippen molar-refractivity contribution in [1.29, 1.82) is 0 Å². The van der Waals surface area contributed by atoms with Gasteiger partial charge in [-0.1, -0.05) is 60.1 Å². The molecular formula is C23H16ClN5O. The van der Waals surface area contributed by atoms with Gasteiger partial charge < -0.3 is 5.32 Å². The number of nitrogens with zero attached hydrogens (tertiary/aromatic N) is 4. The Labute approximate surface area is 177 Å². The Hall–Kier alpha value is -3.77. The van der Waals surface area contributed by atoms with Gasteiger partial charge in [-0.2, -0.15) is 0 Å². The molecule has 1 N–H and O–H groups in total. The van der Waals surface area contributed by atoms with E-state index < -0.39 is 0 Å². The van der Waals surface area contributed by atoms with E-state index in [-0.39, 0.29) is 5.78 Å². The first-order chi connectivity index (χ1) is 14.7. The summed E-state index contributed by atoms with van der Waals surface area (Å²) in [4.78, 5) is 17.5. The third-order valence-electron chi connectivity index (χ3n) is 4.93. The van der Waals surface area contributed by atoms with E-state index >= 15 is 0 Å². The number of aromatic nitrogens is 4. The molecular weight excluding hydrogens is 398 g/mol. The maximum atomic E-state index is 12.8. The third kappa shape index (κ3) is 3.27. The number of fused-ring (bicyclic) bond motifs is 3. The first-order valence-corrected chi connectivity index (χ1v) is 9.79. The van der Waals surface area contributed by atoms with Gasteiger partial charge in [0.2, 0.25) is 5.65 Å². The number of hydrogen-bond acceptors (Lipinski definition) is 5. The Balaban J connectivity index is 1.54. The number of anilines is 1. The maximum Gasteiger partial charge on any atom is 0.203 e. The van der Waals surface area contributed by atoms with E-state index in [2.05, 4.69) is 15.5 Å². The molecule has 0 fully saturated rings. The molecule has 0 amide bonds. The van der Waals surface area contributed by atoms with Crippen molar-refractivity contribution >= 4 is 39.9 Å². The molecule has 2 aromatic heterocycles. The summed E-state index contributed by atoms with van der Waals surface area (Å²) >= 11 is 6.25. The van der Waals surface area contributed by atoms with Crippen LogP contribution < -0.4 is 5.32 Å². The fraction of sp³-hybridized carbons (Fsp3) is 0.0435. The predicted octanol–water partition coefficient (Wildman–Crippen LogP) is 4.77. The minimum absolute atomic E-state index is 0.0420. The van der Waals surface area contributed by atoms with Crippen molar-refractivity contribution in [2.75, 3.05) is 5.32 Å². The molecule has 146 valence electrons. The SMILES string of the molecule is O=C(c1ccccc1)c1ccc2nc(NCc3ccccc3Cl)c3nncn3c2c1. The average molecular weight is 414 g/mol. The van der Waals surface area contributed by atoms with E-state index in [1.807, 2.05) is 59.0 Å². The fourth-order valence-electron chi connectivity index (χ4n) is 3.39. The van der Waals surface area contributed by atoms with Gasteiger partial charge in [0.1, 0.15) is 6.33 Å². The molecule has 0 aliphatic heterocycles. The zero-order valence-electron chi connectivity index (χ0n) is 15.8. The summed E-state index contributed by atoms with van der Waals surface area (Å²) < 4.78 is 1.83. The highest BCUT2D eigenvalue weighted by molar-refractivity contribution is 6.31. The fourth-order valence-corrected chi connectivity index (χ4v) is 3.59. The van der Waals surface area contributed by atoms with Crippen molar-refractivity contribution in [3.8, 4) is 0 Å². The Bertz CT molecular complexity index is 1380. The molecule has 5 aromatic rings. The van der Waals surface area contributed by atoms with E-state index in [1.54, 1.807) is 24.5 Å². The largest absolute Gasteiger partial charge is 0.363 e. The minimum atomic E-state index is -0.0420. The van der Waals surface area contributed by atoms with Gasteiger partial charge in [0.15, 0.2) is 11.6 Å². The molecule has 0 atom stereocenters. The molecule has 30 heavy (non-hydrogen) atoms. The molecule has 0 saturated heterocycles. The number of rotatable bonds is 5. The monoisotopic (exact) mass is 413 g/mol. The Morgan fingerprint density at radius 2 is 1.77 bits per heavy atom. The van der Waals surface area contributed by atoms with Crippen LogP contribution in [0, 0.1) is 0 Å². The summed E-state index contributed by atoms with van der Waals surface area (Å²) in [7, 11) is 0. The van der Waals surface area contributed by atoms with Gasteiger partial charge in [0, 0.05) is 22.7 Å². The van der Waals surface area contributed by atoms with Crippen molar-refractivity contribution in [2.24, 2.45) is 0 Å². The van der Waals surface area contributed by atoms with Crippen LogP contribution in [-0.2, 0) is 6.54 Å². The lowest BCUT2D eigenvalue weighted by molar-refractivity contribution is 0.103. The van der Waals surface area contributed by atoms with Crippen molar-refractivity contribution in [2.45, 2.75) is 6.54 Å². The van der Waals surface area contributed by atoms with Crippen LogP contribution in [0.2, 0.25) is 5.02 Å².